The maximum absolute atomic E-state index is 5.28. The van der Waals surface area contributed by atoms with E-state index in [0.29, 0.717) is 6.04 Å². The zero-order chi connectivity index (χ0) is 7.23. The van der Waals surface area contributed by atoms with Crippen molar-refractivity contribution in [2.75, 3.05) is 19.8 Å². The van der Waals surface area contributed by atoms with Gasteiger partial charge in [0, 0.05) is 12.6 Å². The molecule has 0 aliphatic carbocycles. The smallest absolute Gasteiger partial charge is 0.0623 e. The van der Waals surface area contributed by atoms with Gasteiger partial charge in [0.15, 0.2) is 0 Å². The zero-order valence-electron chi connectivity index (χ0n) is 6.47. The molecule has 0 aromatic heterocycles. The molecular weight excluding hydrogens is 126 g/mol. The molecule has 10 heavy (non-hydrogen) atoms. The number of morpholine rings is 1. The standard InChI is InChI=1S/C8H15NO/c1-2-3-4-8-7-10-6-5-9-8/h2-3,8-9H,4-7H2,1H3. The van der Waals surface area contributed by atoms with Crippen LogP contribution in [0.4, 0.5) is 0 Å². The van der Waals surface area contributed by atoms with Gasteiger partial charge in [-0.25, -0.2) is 0 Å². The van der Waals surface area contributed by atoms with E-state index < -0.39 is 0 Å². The number of rotatable bonds is 2. The molecule has 0 spiro atoms. The maximum atomic E-state index is 5.28. The SMILES string of the molecule is CC=CCC1COCCN1. The van der Waals surface area contributed by atoms with Crippen LogP contribution in [0, 0.1) is 0 Å². The normalized spacial score (nSPS) is 27.5. The number of hydrogen-bond donors (Lipinski definition) is 1. The fourth-order valence-electron chi connectivity index (χ4n) is 1.07. The van der Waals surface area contributed by atoms with E-state index in [1.165, 1.54) is 0 Å². The quantitative estimate of drug-likeness (QED) is 0.578. The van der Waals surface area contributed by atoms with Crippen molar-refractivity contribution in [1.29, 1.82) is 0 Å². The summed E-state index contributed by atoms with van der Waals surface area (Å²) in [6.07, 6.45) is 5.35. The third kappa shape index (κ3) is 2.50. The van der Waals surface area contributed by atoms with Crippen molar-refractivity contribution in [3.05, 3.63) is 12.2 Å². The Hall–Kier alpha value is -0.340. The highest BCUT2D eigenvalue weighted by Gasteiger charge is 2.09. The second-order valence-electron chi connectivity index (χ2n) is 2.53. The van der Waals surface area contributed by atoms with E-state index in [1.807, 2.05) is 6.92 Å². The van der Waals surface area contributed by atoms with Crippen LogP contribution in [0.15, 0.2) is 12.2 Å². The van der Waals surface area contributed by atoms with Gasteiger partial charge < -0.3 is 10.1 Å². The lowest BCUT2D eigenvalue weighted by Gasteiger charge is -2.22. The molecule has 2 heteroatoms. The second kappa shape index (κ2) is 4.47. The van der Waals surface area contributed by atoms with Crippen molar-refractivity contribution in [2.24, 2.45) is 0 Å². The van der Waals surface area contributed by atoms with Crippen LogP contribution in [0.1, 0.15) is 13.3 Å². The van der Waals surface area contributed by atoms with Crippen LogP contribution in [0.3, 0.4) is 0 Å². The van der Waals surface area contributed by atoms with Crippen LogP contribution in [0.5, 0.6) is 0 Å². The summed E-state index contributed by atoms with van der Waals surface area (Å²) < 4.78 is 5.28. The predicted octanol–water partition coefficient (Wildman–Crippen LogP) is 0.941. The Bertz CT molecular complexity index is 106. The van der Waals surface area contributed by atoms with Crippen LogP contribution in [0.25, 0.3) is 0 Å². The predicted molar refractivity (Wildman–Crippen MR) is 42.0 cm³/mol. The van der Waals surface area contributed by atoms with Gasteiger partial charge in [0.05, 0.1) is 13.2 Å². The average molecular weight is 141 g/mol. The van der Waals surface area contributed by atoms with Crippen molar-refractivity contribution in [2.45, 2.75) is 19.4 Å². The highest BCUT2D eigenvalue weighted by Crippen LogP contribution is 1.98. The minimum Gasteiger partial charge on any atom is -0.379 e. The lowest BCUT2D eigenvalue weighted by Crippen LogP contribution is -2.40. The molecule has 1 aliphatic rings. The first-order valence-corrected chi connectivity index (χ1v) is 3.86. The Morgan fingerprint density at radius 2 is 2.60 bits per heavy atom. The first kappa shape index (κ1) is 7.76. The molecule has 1 N–H and O–H groups in total. The summed E-state index contributed by atoms with van der Waals surface area (Å²) in [5.74, 6) is 0. The van der Waals surface area contributed by atoms with Crippen molar-refractivity contribution >= 4 is 0 Å². The average Bonchev–Trinajstić information content (AvgIpc) is 2.03. The molecule has 1 unspecified atom stereocenters. The summed E-state index contributed by atoms with van der Waals surface area (Å²) in [5.41, 5.74) is 0. The van der Waals surface area contributed by atoms with E-state index in [0.717, 1.165) is 26.2 Å². The van der Waals surface area contributed by atoms with E-state index in [9.17, 15) is 0 Å². The molecule has 1 aliphatic heterocycles. The molecule has 0 aromatic rings. The molecule has 1 atom stereocenters. The first-order chi connectivity index (χ1) is 4.93. The van der Waals surface area contributed by atoms with Gasteiger partial charge in [-0.15, -0.1) is 0 Å². The molecule has 2 nitrogen and oxygen atoms in total. The molecule has 0 aromatic carbocycles. The third-order valence-corrected chi connectivity index (χ3v) is 1.65. The summed E-state index contributed by atoms with van der Waals surface area (Å²) in [6.45, 7) is 4.78. The molecule has 58 valence electrons. The topological polar surface area (TPSA) is 21.3 Å². The van der Waals surface area contributed by atoms with Gasteiger partial charge in [-0.1, -0.05) is 12.2 Å². The zero-order valence-corrected chi connectivity index (χ0v) is 6.47. The molecule has 1 fully saturated rings. The molecule has 0 bridgehead atoms. The Balaban J connectivity index is 2.13. The van der Waals surface area contributed by atoms with Gasteiger partial charge in [-0.3, -0.25) is 0 Å². The monoisotopic (exact) mass is 141 g/mol. The summed E-state index contributed by atoms with van der Waals surface area (Å²) >= 11 is 0. The van der Waals surface area contributed by atoms with E-state index in [1.54, 1.807) is 0 Å². The number of nitrogens with one attached hydrogen (secondary N) is 1. The van der Waals surface area contributed by atoms with Crippen molar-refractivity contribution < 1.29 is 4.74 Å². The minimum atomic E-state index is 0.546. The molecule has 0 radical (unpaired) electrons. The van der Waals surface area contributed by atoms with Crippen molar-refractivity contribution in [3.63, 3.8) is 0 Å². The van der Waals surface area contributed by atoms with Crippen LogP contribution >= 0.6 is 0 Å². The Morgan fingerprint density at radius 1 is 1.70 bits per heavy atom. The van der Waals surface area contributed by atoms with Gasteiger partial charge in [-0.05, 0) is 13.3 Å². The molecule has 1 rings (SSSR count). The Morgan fingerprint density at radius 3 is 3.20 bits per heavy atom. The van der Waals surface area contributed by atoms with Crippen LogP contribution in [0.2, 0.25) is 0 Å². The molecular formula is C8H15NO. The van der Waals surface area contributed by atoms with E-state index in [4.69, 9.17) is 4.74 Å². The van der Waals surface area contributed by atoms with Gasteiger partial charge in [0.1, 0.15) is 0 Å². The summed E-state index contributed by atoms with van der Waals surface area (Å²) in [4.78, 5) is 0. The lowest BCUT2D eigenvalue weighted by molar-refractivity contribution is 0.0778. The highest BCUT2D eigenvalue weighted by atomic mass is 16.5. The largest absolute Gasteiger partial charge is 0.379 e. The maximum Gasteiger partial charge on any atom is 0.0623 e. The number of allylic oxidation sites excluding steroid dienone is 1. The lowest BCUT2D eigenvalue weighted by atomic mass is 10.2. The van der Waals surface area contributed by atoms with Crippen LogP contribution in [-0.2, 0) is 4.74 Å². The van der Waals surface area contributed by atoms with Crippen molar-refractivity contribution in [3.8, 4) is 0 Å². The number of hydrogen-bond acceptors (Lipinski definition) is 2. The van der Waals surface area contributed by atoms with Crippen molar-refractivity contribution in [1.82, 2.24) is 5.32 Å². The summed E-state index contributed by atoms with van der Waals surface area (Å²) in [7, 11) is 0. The Labute approximate surface area is 62.3 Å². The van der Waals surface area contributed by atoms with E-state index in [-0.39, 0.29) is 0 Å². The first-order valence-electron chi connectivity index (χ1n) is 3.86. The number of ether oxygens (including phenoxy) is 1. The van der Waals surface area contributed by atoms with E-state index in [2.05, 4.69) is 17.5 Å². The molecule has 0 amide bonds. The van der Waals surface area contributed by atoms with E-state index >= 15 is 0 Å². The Kier molecular flexibility index (Phi) is 3.47. The summed E-state index contributed by atoms with van der Waals surface area (Å²) in [5, 5.41) is 3.38. The van der Waals surface area contributed by atoms with Gasteiger partial charge in [0.2, 0.25) is 0 Å². The van der Waals surface area contributed by atoms with Gasteiger partial charge in [-0.2, -0.15) is 0 Å². The summed E-state index contributed by atoms with van der Waals surface area (Å²) in [6, 6.07) is 0.546. The third-order valence-electron chi connectivity index (χ3n) is 1.65. The van der Waals surface area contributed by atoms with Gasteiger partial charge >= 0.3 is 0 Å². The fraction of sp³-hybridized carbons (Fsp3) is 0.750. The molecule has 1 heterocycles. The molecule has 1 saturated heterocycles. The second-order valence-corrected chi connectivity index (χ2v) is 2.53. The fourth-order valence-corrected chi connectivity index (χ4v) is 1.07. The van der Waals surface area contributed by atoms with Crippen LogP contribution in [-0.4, -0.2) is 25.8 Å². The molecule has 0 saturated carbocycles. The minimum absolute atomic E-state index is 0.546. The highest BCUT2D eigenvalue weighted by molar-refractivity contribution is 4.84. The van der Waals surface area contributed by atoms with Gasteiger partial charge in [0.25, 0.3) is 0 Å². The van der Waals surface area contributed by atoms with Crippen LogP contribution < -0.4 is 5.32 Å².